The molecule has 0 amide bonds. The molecule has 1 fully saturated rings. The van der Waals surface area contributed by atoms with E-state index in [-0.39, 0.29) is 12.1 Å². The number of carbonyl (C=O) groups is 1. The van der Waals surface area contributed by atoms with Crippen LogP contribution in [-0.4, -0.2) is 44.9 Å². The number of rotatable bonds is 3. The molecule has 1 saturated heterocycles. The molecule has 0 aromatic carbocycles. The van der Waals surface area contributed by atoms with E-state index in [1.807, 2.05) is 6.92 Å². The summed E-state index contributed by atoms with van der Waals surface area (Å²) in [5.41, 5.74) is 0. The predicted molar refractivity (Wildman–Crippen MR) is 60.0 cm³/mol. The zero-order valence-electron chi connectivity index (χ0n) is 10.0. The molecule has 0 spiro atoms. The second kappa shape index (κ2) is 7.26. The topological polar surface area (TPSA) is 40.0 Å². The Labute approximate surface area is 96.9 Å². The highest BCUT2D eigenvalue weighted by atomic mass is 16.5. The monoisotopic (exact) mass is 226 g/mol. The van der Waals surface area contributed by atoms with Gasteiger partial charge in [-0.3, -0.25) is 4.79 Å². The van der Waals surface area contributed by atoms with Gasteiger partial charge in [-0.15, -0.1) is 0 Å². The van der Waals surface area contributed by atoms with E-state index in [1.165, 1.54) is 11.8 Å². The Bertz CT molecular complexity index is 274. The quantitative estimate of drug-likeness (QED) is 0.508. The van der Waals surface area contributed by atoms with E-state index in [9.17, 15) is 4.79 Å². The first-order valence-electron chi connectivity index (χ1n) is 5.79. The third kappa shape index (κ3) is 5.15. The lowest BCUT2D eigenvalue weighted by Crippen LogP contribution is -3.14. The van der Waals surface area contributed by atoms with Crippen molar-refractivity contribution in [2.45, 2.75) is 26.4 Å². The minimum Gasteiger partial charge on any atom is -0.449 e. The van der Waals surface area contributed by atoms with E-state index in [0.717, 1.165) is 39.3 Å². The Morgan fingerprint density at radius 1 is 1.50 bits per heavy atom. The first-order chi connectivity index (χ1) is 7.72. The smallest absolute Gasteiger partial charge is 0.303 e. The van der Waals surface area contributed by atoms with Crippen LogP contribution in [-0.2, 0) is 14.3 Å². The summed E-state index contributed by atoms with van der Waals surface area (Å²) < 4.78 is 10.3. The van der Waals surface area contributed by atoms with Crippen LogP contribution in [0.4, 0.5) is 0 Å². The SMILES string of the molecule is CCC(C#CC[NH+]1CCOCC1)OC(C)=O. The van der Waals surface area contributed by atoms with Crippen molar-refractivity contribution in [2.24, 2.45) is 0 Å². The van der Waals surface area contributed by atoms with Gasteiger partial charge in [-0.1, -0.05) is 12.8 Å². The predicted octanol–water partition coefficient (Wildman–Crippen LogP) is -0.753. The third-order valence-corrected chi connectivity index (χ3v) is 2.48. The molecule has 0 aromatic heterocycles. The van der Waals surface area contributed by atoms with Crippen LogP contribution in [0, 0.1) is 11.8 Å². The second-order valence-corrected chi connectivity index (χ2v) is 3.87. The summed E-state index contributed by atoms with van der Waals surface area (Å²) in [6.45, 7) is 7.84. The van der Waals surface area contributed by atoms with Gasteiger partial charge in [0.05, 0.1) is 13.2 Å². The second-order valence-electron chi connectivity index (χ2n) is 3.87. The standard InChI is InChI=1S/C12H19NO3/c1-3-12(16-11(2)14)5-4-6-13-7-9-15-10-8-13/h12H,3,6-10H2,1-2H3/p+1. The van der Waals surface area contributed by atoms with Crippen LogP contribution in [0.5, 0.6) is 0 Å². The molecule has 1 N–H and O–H groups in total. The highest BCUT2D eigenvalue weighted by Gasteiger charge is 2.11. The van der Waals surface area contributed by atoms with Gasteiger partial charge >= 0.3 is 5.97 Å². The number of hydrogen-bond acceptors (Lipinski definition) is 3. The fraction of sp³-hybridized carbons (Fsp3) is 0.750. The fourth-order valence-corrected chi connectivity index (χ4v) is 1.54. The molecule has 4 nitrogen and oxygen atoms in total. The summed E-state index contributed by atoms with van der Waals surface area (Å²) in [7, 11) is 0. The molecule has 0 radical (unpaired) electrons. The summed E-state index contributed by atoms with van der Waals surface area (Å²) in [5, 5.41) is 0. The van der Waals surface area contributed by atoms with Crippen LogP contribution in [0.1, 0.15) is 20.3 Å². The molecule has 1 unspecified atom stereocenters. The molecule has 0 saturated carbocycles. The molecule has 1 rings (SSSR count). The van der Waals surface area contributed by atoms with Crippen molar-refractivity contribution in [1.82, 2.24) is 0 Å². The lowest BCUT2D eigenvalue weighted by molar-refractivity contribution is -0.900. The molecule has 1 aliphatic heterocycles. The highest BCUT2D eigenvalue weighted by molar-refractivity contribution is 5.66. The van der Waals surface area contributed by atoms with Gasteiger partial charge in [0, 0.05) is 6.92 Å². The average Bonchev–Trinajstić information content (AvgIpc) is 2.28. The molecule has 0 aromatic rings. The normalized spacial score (nSPS) is 18.4. The Morgan fingerprint density at radius 3 is 2.75 bits per heavy atom. The minimum absolute atomic E-state index is 0.252. The molecule has 1 atom stereocenters. The van der Waals surface area contributed by atoms with E-state index < -0.39 is 0 Å². The van der Waals surface area contributed by atoms with Crippen LogP contribution in [0.2, 0.25) is 0 Å². The van der Waals surface area contributed by atoms with Gasteiger partial charge in [0.15, 0.2) is 6.10 Å². The van der Waals surface area contributed by atoms with Crippen LogP contribution in [0.25, 0.3) is 0 Å². The number of carbonyl (C=O) groups excluding carboxylic acids is 1. The lowest BCUT2D eigenvalue weighted by Gasteiger charge is -2.21. The molecular formula is C12H20NO3+. The van der Waals surface area contributed by atoms with Gasteiger partial charge in [-0.05, 0) is 12.3 Å². The van der Waals surface area contributed by atoms with Gasteiger partial charge in [-0.25, -0.2) is 0 Å². The van der Waals surface area contributed by atoms with Crippen molar-refractivity contribution in [3.63, 3.8) is 0 Å². The maximum atomic E-state index is 10.8. The maximum absolute atomic E-state index is 10.8. The summed E-state index contributed by atoms with van der Waals surface area (Å²) in [5.74, 6) is 5.82. The average molecular weight is 226 g/mol. The van der Waals surface area contributed by atoms with Crippen LogP contribution in [0.3, 0.4) is 0 Å². The van der Waals surface area contributed by atoms with Crippen molar-refractivity contribution in [1.29, 1.82) is 0 Å². The number of morpholine rings is 1. The fourth-order valence-electron chi connectivity index (χ4n) is 1.54. The van der Waals surface area contributed by atoms with Crippen molar-refractivity contribution >= 4 is 5.97 Å². The first-order valence-corrected chi connectivity index (χ1v) is 5.79. The molecule has 0 aliphatic carbocycles. The van der Waals surface area contributed by atoms with Gasteiger partial charge in [0.1, 0.15) is 19.6 Å². The maximum Gasteiger partial charge on any atom is 0.303 e. The molecule has 0 bridgehead atoms. The van der Waals surface area contributed by atoms with Crippen molar-refractivity contribution in [3.05, 3.63) is 0 Å². The van der Waals surface area contributed by atoms with E-state index in [1.54, 1.807) is 0 Å². The van der Waals surface area contributed by atoms with E-state index in [2.05, 4.69) is 11.8 Å². The highest BCUT2D eigenvalue weighted by Crippen LogP contribution is 1.95. The number of quaternary nitrogens is 1. The van der Waals surface area contributed by atoms with Gasteiger partial charge in [0.25, 0.3) is 0 Å². The number of nitrogens with one attached hydrogen (secondary N) is 1. The Morgan fingerprint density at radius 2 is 2.19 bits per heavy atom. The van der Waals surface area contributed by atoms with E-state index in [0.29, 0.717) is 0 Å². The molecule has 4 heteroatoms. The van der Waals surface area contributed by atoms with Gasteiger partial charge in [-0.2, -0.15) is 0 Å². The van der Waals surface area contributed by atoms with Crippen molar-refractivity contribution in [2.75, 3.05) is 32.8 Å². The van der Waals surface area contributed by atoms with Gasteiger partial charge < -0.3 is 14.4 Å². The Balaban J connectivity index is 2.30. The molecule has 16 heavy (non-hydrogen) atoms. The largest absolute Gasteiger partial charge is 0.449 e. The lowest BCUT2D eigenvalue weighted by atomic mass is 10.3. The summed E-state index contributed by atoms with van der Waals surface area (Å²) in [4.78, 5) is 12.2. The molecule has 1 aliphatic rings. The summed E-state index contributed by atoms with van der Waals surface area (Å²) in [6, 6.07) is 0. The summed E-state index contributed by atoms with van der Waals surface area (Å²) >= 11 is 0. The zero-order valence-corrected chi connectivity index (χ0v) is 10.0. The van der Waals surface area contributed by atoms with Crippen LogP contribution >= 0.6 is 0 Å². The van der Waals surface area contributed by atoms with E-state index >= 15 is 0 Å². The number of ether oxygens (including phenoxy) is 2. The third-order valence-electron chi connectivity index (χ3n) is 2.48. The molecular weight excluding hydrogens is 206 g/mol. The van der Waals surface area contributed by atoms with Gasteiger partial charge in [0.2, 0.25) is 0 Å². The number of hydrogen-bond donors (Lipinski definition) is 1. The van der Waals surface area contributed by atoms with Crippen LogP contribution in [0.15, 0.2) is 0 Å². The number of esters is 1. The summed E-state index contributed by atoms with van der Waals surface area (Å²) in [6.07, 6.45) is 0.489. The van der Waals surface area contributed by atoms with Crippen LogP contribution < -0.4 is 4.90 Å². The molecule has 1 heterocycles. The van der Waals surface area contributed by atoms with Crippen molar-refractivity contribution in [3.8, 4) is 11.8 Å². The first kappa shape index (κ1) is 13.0. The minimum atomic E-state index is -0.264. The molecule has 90 valence electrons. The Kier molecular flexibility index (Phi) is 5.91. The Hall–Kier alpha value is -1.05. The van der Waals surface area contributed by atoms with Crippen molar-refractivity contribution < 1.29 is 19.2 Å². The van der Waals surface area contributed by atoms with E-state index in [4.69, 9.17) is 9.47 Å². The zero-order chi connectivity index (χ0) is 11.8.